The Kier molecular flexibility index (Phi) is 9.12. The Hall–Kier alpha value is -4.94. The number of amides is 3. The van der Waals surface area contributed by atoms with Gasteiger partial charge in [-0.3, -0.25) is 14.4 Å². The van der Waals surface area contributed by atoms with Crippen molar-refractivity contribution in [1.29, 1.82) is 0 Å². The van der Waals surface area contributed by atoms with Gasteiger partial charge in [-0.15, -0.1) is 0 Å². The molecule has 0 unspecified atom stereocenters. The first-order chi connectivity index (χ1) is 21.1. The van der Waals surface area contributed by atoms with Crippen LogP contribution in [0.3, 0.4) is 0 Å². The number of carbonyl (C=O) groups excluding carboxylic acids is 3. The van der Waals surface area contributed by atoms with Crippen molar-refractivity contribution in [2.75, 3.05) is 33.4 Å². The first-order valence-electron chi connectivity index (χ1n) is 14.6. The number of rotatable bonds is 3. The molecule has 0 saturated heterocycles. The maximum atomic E-state index is 13.7. The lowest BCUT2D eigenvalue weighted by Gasteiger charge is -2.26. The summed E-state index contributed by atoms with van der Waals surface area (Å²) >= 11 is 0. The van der Waals surface area contributed by atoms with Crippen LogP contribution in [0.25, 0.3) is 11.1 Å². The molecule has 44 heavy (non-hydrogen) atoms. The number of oxazole rings is 1. The average molecular weight is 604 g/mol. The van der Waals surface area contributed by atoms with Crippen LogP contribution < -0.4 is 20.1 Å². The largest absolute Gasteiger partial charge is 0.493 e. The zero-order valence-electron chi connectivity index (χ0n) is 25.5. The van der Waals surface area contributed by atoms with Crippen molar-refractivity contribution in [2.45, 2.75) is 46.7 Å². The quantitative estimate of drug-likeness (QED) is 0.359. The number of nitrogens with one attached hydrogen (secondary N) is 2. The van der Waals surface area contributed by atoms with Gasteiger partial charge in [0.15, 0.2) is 23.0 Å². The van der Waals surface area contributed by atoms with E-state index in [-0.39, 0.29) is 49.9 Å². The predicted octanol–water partition coefficient (Wildman–Crippen LogP) is 3.21. The second-order valence-corrected chi connectivity index (χ2v) is 11.0. The van der Waals surface area contributed by atoms with Crippen LogP contribution in [-0.2, 0) is 11.3 Å². The minimum Gasteiger partial charge on any atom is -0.493 e. The second kappa shape index (κ2) is 13.1. The molecule has 3 heterocycles. The fourth-order valence-corrected chi connectivity index (χ4v) is 5.14. The third-order valence-electron chi connectivity index (χ3n) is 7.31. The molecule has 2 N–H and O–H groups in total. The molecule has 1 aliphatic heterocycles. The molecule has 4 aromatic rings. The maximum Gasteiger partial charge on any atom is 0.254 e. The Labute approximate surface area is 254 Å². The highest BCUT2D eigenvalue weighted by atomic mass is 16.5. The van der Waals surface area contributed by atoms with Gasteiger partial charge in [-0.05, 0) is 55.7 Å². The Morgan fingerprint density at radius 2 is 1.91 bits per heavy atom. The molecule has 3 amide bonds. The number of hydrogen-bond donors (Lipinski definition) is 2. The van der Waals surface area contributed by atoms with Gasteiger partial charge in [0.25, 0.3) is 11.8 Å². The number of benzene rings is 2. The van der Waals surface area contributed by atoms with E-state index in [9.17, 15) is 14.4 Å². The van der Waals surface area contributed by atoms with E-state index < -0.39 is 6.04 Å². The molecule has 13 nitrogen and oxygen atoms in total. The number of fused-ring (bicyclic) bond motifs is 4. The van der Waals surface area contributed by atoms with Crippen LogP contribution in [0.5, 0.6) is 11.5 Å². The van der Waals surface area contributed by atoms with Gasteiger partial charge in [0.1, 0.15) is 23.8 Å². The smallest absolute Gasteiger partial charge is 0.254 e. The van der Waals surface area contributed by atoms with Gasteiger partial charge < -0.3 is 29.4 Å². The Bertz CT molecular complexity index is 1680. The van der Waals surface area contributed by atoms with Gasteiger partial charge in [0, 0.05) is 31.1 Å². The summed E-state index contributed by atoms with van der Waals surface area (Å²) in [6, 6.07) is 9.54. The number of aromatic nitrogens is 4. The fourth-order valence-electron chi connectivity index (χ4n) is 5.14. The highest BCUT2D eigenvalue weighted by Crippen LogP contribution is 2.28. The van der Waals surface area contributed by atoms with Crippen molar-refractivity contribution in [3.05, 3.63) is 65.1 Å². The summed E-state index contributed by atoms with van der Waals surface area (Å²) in [6.45, 7) is 8.35. The number of carbonyl (C=O) groups is 3. The molecule has 1 aliphatic rings. The van der Waals surface area contributed by atoms with Crippen LogP contribution >= 0.6 is 0 Å². The molecule has 0 spiro atoms. The second-order valence-electron chi connectivity index (χ2n) is 11.0. The summed E-state index contributed by atoms with van der Waals surface area (Å²) in [4.78, 5) is 50.6. The van der Waals surface area contributed by atoms with Crippen molar-refractivity contribution in [3.63, 3.8) is 0 Å². The lowest BCUT2D eigenvalue weighted by Crippen LogP contribution is -2.44. The lowest BCUT2D eigenvalue weighted by molar-refractivity contribution is -0.123. The van der Waals surface area contributed by atoms with Crippen LogP contribution in [0.15, 0.2) is 40.8 Å². The standard InChI is InChI=1S/C31H37N7O6/c1-18(2)28-29-33-19(3)36-38(29)13-14-43-26-15-21(8-10-24(26)42-5)30(40)32-11-6-12-37(17-27(39)35-28)31(41)22-7-9-23-25(16-22)44-20(4)34-23/h7-10,15-16,18,28H,6,11-14,17H2,1-5H3,(H,32,40)(H,35,39)/t28-/m0/s1. The Balaban J connectivity index is 1.46. The van der Waals surface area contributed by atoms with Crippen LogP contribution in [-0.4, -0.2) is 75.7 Å². The third kappa shape index (κ3) is 6.82. The number of hydrogen-bond acceptors (Lipinski definition) is 9. The number of ether oxygens (including phenoxy) is 2. The highest BCUT2D eigenvalue weighted by Gasteiger charge is 2.27. The van der Waals surface area contributed by atoms with Gasteiger partial charge in [-0.1, -0.05) is 13.8 Å². The van der Waals surface area contributed by atoms with Crippen LogP contribution in [0.2, 0.25) is 0 Å². The molecule has 0 fully saturated rings. The predicted molar refractivity (Wildman–Crippen MR) is 161 cm³/mol. The van der Waals surface area contributed by atoms with E-state index in [1.54, 1.807) is 54.9 Å². The number of methoxy groups -OCH3 is 1. The Morgan fingerprint density at radius 1 is 1.09 bits per heavy atom. The zero-order valence-corrected chi connectivity index (χ0v) is 25.5. The molecule has 2 bridgehead atoms. The highest BCUT2D eigenvalue weighted by molar-refractivity contribution is 5.99. The first-order valence-corrected chi connectivity index (χ1v) is 14.6. The molecule has 5 rings (SSSR count). The fraction of sp³-hybridized carbons (Fsp3) is 0.419. The van der Waals surface area contributed by atoms with E-state index in [1.165, 1.54) is 12.0 Å². The van der Waals surface area contributed by atoms with Crippen LogP contribution in [0.4, 0.5) is 0 Å². The minimum absolute atomic E-state index is 0.0268. The number of aryl methyl sites for hydroxylation is 2. The van der Waals surface area contributed by atoms with Crippen molar-refractivity contribution < 1.29 is 28.3 Å². The van der Waals surface area contributed by atoms with E-state index in [0.29, 0.717) is 64.2 Å². The molecular weight excluding hydrogens is 566 g/mol. The van der Waals surface area contributed by atoms with Crippen molar-refractivity contribution in [3.8, 4) is 11.5 Å². The summed E-state index contributed by atoms with van der Waals surface area (Å²) in [5.74, 6) is 1.53. The van der Waals surface area contributed by atoms with Gasteiger partial charge in [0.05, 0.1) is 26.2 Å². The minimum atomic E-state index is -0.467. The van der Waals surface area contributed by atoms with E-state index >= 15 is 0 Å². The first kappa shape index (κ1) is 30.5. The van der Waals surface area contributed by atoms with Crippen molar-refractivity contribution in [2.24, 2.45) is 5.92 Å². The molecular formula is C31H37N7O6. The van der Waals surface area contributed by atoms with Crippen molar-refractivity contribution in [1.82, 2.24) is 35.3 Å². The normalized spacial score (nSPS) is 16.9. The third-order valence-corrected chi connectivity index (χ3v) is 7.31. The summed E-state index contributed by atoms with van der Waals surface area (Å²) in [6.07, 6.45) is 0.412. The lowest BCUT2D eigenvalue weighted by atomic mass is 10.0. The zero-order chi connectivity index (χ0) is 31.4. The van der Waals surface area contributed by atoms with E-state index in [0.717, 1.165) is 0 Å². The summed E-state index contributed by atoms with van der Waals surface area (Å²) in [7, 11) is 1.53. The van der Waals surface area contributed by atoms with Gasteiger partial charge >= 0.3 is 0 Å². The molecule has 2 aromatic carbocycles. The number of nitrogens with zero attached hydrogens (tertiary/aromatic N) is 5. The molecule has 13 heteroatoms. The molecule has 2 aromatic heterocycles. The molecule has 0 radical (unpaired) electrons. The van der Waals surface area contributed by atoms with Crippen LogP contribution in [0.1, 0.15) is 64.6 Å². The van der Waals surface area contributed by atoms with Crippen LogP contribution in [0, 0.1) is 19.8 Å². The summed E-state index contributed by atoms with van der Waals surface area (Å²) < 4.78 is 18.8. The topological polar surface area (TPSA) is 154 Å². The van der Waals surface area contributed by atoms with E-state index in [2.05, 4.69) is 25.7 Å². The van der Waals surface area contributed by atoms with Gasteiger partial charge in [-0.25, -0.2) is 14.6 Å². The monoisotopic (exact) mass is 603 g/mol. The summed E-state index contributed by atoms with van der Waals surface area (Å²) in [5.41, 5.74) is 1.91. The van der Waals surface area contributed by atoms with Crippen molar-refractivity contribution >= 4 is 28.8 Å². The molecule has 0 aliphatic carbocycles. The van der Waals surface area contributed by atoms with E-state index in [4.69, 9.17) is 13.9 Å². The Morgan fingerprint density at radius 3 is 2.68 bits per heavy atom. The molecule has 1 atom stereocenters. The maximum absolute atomic E-state index is 13.7. The average Bonchev–Trinajstić information content (AvgIpc) is 3.56. The molecule has 0 saturated carbocycles. The van der Waals surface area contributed by atoms with Gasteiger partial charge in [-0.2, -0.15) is 5.10 Å². The molecule has 232 valence electrons. The van der Waals surface area contributed by atoms with E-state index in [1.807, 2.05) is 13.8 Å². The SMILES string of the molecule is COc1ccc2cc1OCCn1nc(C)nc1[C@H](C(C)C)NC(=O)CN(C(=O)c1ccc3nc(C)oc3c1)CCCNC2=O. The summed E-state index contributed by atoms with van der Waals surface area (Å²) in [5, 5.41) is 10.5. The van der Waals surface area contributed by atoms with Gasteiger partial charge in [0.2, 0.25) is 5.91 Å².